The van der Waals surface area contributed by atoms with E-state index >= 15 is 0 Å². The summed E-state index contributed by atoms with van der Waals surface area (Å²) in [6.45, 7) is 16.3. The molecule has 0 radical (unpaired) electrons. The maximum absolute atomic E-state index is 5.61. The van der Waals surface area contributed by atoms with Crippen LogP contribution in [-0.2, 0) is 4.74 Å². The van der Waals surface area contributed by atoms with Crippen molar-refractivity contribution in [3.63, 3.8) is 0 Å². The SMILES string of the molecule is CCC(C(C)C)(C1CCOC1)C(C)(C)C. The molecular formula is C14H28O. The molecule has 1 nitrogen and oxygen atoms in total. The quantitative estimate of drug-likeness (QED) is 0.683. The van der Waals surface area contributed by atoms with Gasteiger partial charge in [-0.1, -0.05) is 41.5 Å². The van der Waals surface area contributed by atoms with E-state index in [1.807, 2.05) is 0 Å². The topological polar surface area (TPSA) is 9.23 Å². The Hall–Kier alpha value is -0.0400. The predicted molar refractivity (Wildman–Crippen MR) is 65.9 cm³/mol. The van der Waals surface area contributed by atoms with Gasteiger partial charge >= 0.3 is 0 Å². The molecule has 0 spiro atoms. The molecule has 90 valence electrons. The first-order chi connectivity index (χ1) is 6.86. The van der Waals surface area contributed by atoms with E-state index < -0.39 is 0 Å². The predicted octanol–water partition coefficient (Wildman–Crippen LogP) is 4.12. The summed E-state index contributed by atoms with van der Waals surface area (Å²) < 4.78 is 5.61. The van der Waals surface area contributed by atoms with Crippen LogP contribution in [0.5, 0.6) is 0 Å². The standard InChI is InChI=1S/C14H28O/c1-7-14(11(2)3,13(4,5)6)12-8-9-15-10-12/h11-12H,7-10H2,1-6H3. The third-order valence-corrected chi connectivity index (χ3v) is 4.67. The summed E-state index contributed by atoms with van der Waals surface area (Å²) in [5.41, 5.74) is 0.803. The second kappa shape index (κ2) is 4.45. The summed E-state index contributed by atoms with van der Waals surface area (Å²) in [4.78, 5) is 0. The molecule has 1 heterocycles. The van der Waals surface area contributed by atoms with Gasteiger partial charge in [0.25, 0.3) is 0 Å². The van der Waals surface area contributed by atoms with Crippen molar-refractivity contribution in [2.24, 2.45) is 22.7 Å². The first kappa shape index (κ1) is 13.0. The van der Waals surface area contributed by atoms with Crippen LogP contribution in [0.2, 0.25) is 0 Å². The zero-order valence-electron chi connectivity index (χ0n) is 11.4. The van der Waals surface area contributed by atoms with Gasteiger partial charge in [-0.25, -0.2) is 0 Å². The molecule has 1 saturated heterocycles. The molecule has 1 heteroatoms. The maximum atomic E-state index is 5.61. The largest absolute Gasteiger partial charge is 0.381 e. The van der Waals surface area contributed by atoms with Crippen LogP contribution in [0, 0.1) is 22.7 Å². The van der Waals surface area contributed by atoms with E-state index in [4.69, 9.17) is 4.74 Å². The average molecular weight is 212 g/mol. The van der Waals surface area contributed by atoms with Gasteiger partial charge in [0.2, 0.25) is 0 Å². The lowest BCUT2D eigenvalue weighted by Gasteiger charge is -2.52. The van der Waals surface area contributed by atoms with Crippen LogP contribution < -0.4 is 0 Å². The van der Waals surface area contributed by atoms with Gasteiger partial charge in [-0.3, -0.25) is 0 Å². The van der Waals surface area contributed by atoms with Crippen LogP contribution in [0.15, 0.2) is 0 Å². The number of ether oxygens (including phenoxy) is 1. The molecular weight excluding hydrogens is 184 g/mol. The molecule has 0 saturated carbocycles. The Labute approximate surface area is 95.6 Å². The van der Waals surface area contributed by atoms with Crippen LogP contribution in [0.3, 0.4) is 0 Å². The van der Waals surface area contributed by atoms with Crippen molar-refractivity contribution in [1.29, 1.82) is 0 Å². The van der Waals surface area contributed by atoms with Gasteiger partial charge in [0.05, 0.1) is 6.61 Å². The number of hydrogen-bond acceptors (Lipinski definition) is 1. The van der Waals surface area contributed by atoms with E-state index in [9.17, 15) is 0 Å². The van der Waals surface area contributed by atoms with Gasteiger partial charge < -0.3 is 4.74 Å². The average Bonchev–Trinajstić information content (AvgIpc) is 2.56. The Balaban J connectivity index is 3.02. The highest BCUT2D eigenvalue weighted by molar-refractivity contribution is 4.97. The van der Waals surface area contributed by atoms with Gasteiger partial charge in [0, 0.05) is 6.61 Å². The van der Waals surface area contributed by atoms with Crippen LogP contribution in [0.25, 0.3) is 0 Å². The Morgan fingerprint density at radius 3 is 2.13 bits per heavy atom. The van der Waals surface area contributed by atoms with E-state index in [2.05, 4.69) is 41.5 Å². The number of rotatable bonds is 3. The van der Waals surface area contributed by atoms with Gasteiger partial charge in [-0.05, 0) is 35.5 Å². The van der Waals surface area contributed by atoms with Crippen molar-refractivity contribution in [1.82, 2.24) is 0 Å². The fourth-order valence-electron chi connectivity index (χ4n) is 4.12. The lowest BCUT2D eigenvalue weighted by molar-refractivity contribution is -0.0396. The minimum Gasteiger partial charge on any atom is -0.381 e. The zero-order chi connectivity index (χ0) is 11.7. The Bertz CT molecular complexity index is 196. The zero-order valence-corrected chi connectivity index (χ0v) is 11.4. The maximum Gasteiger partial charge on any atom is 0.0500 e. The fourth-order valence-corrected chi connectivity index (χ4v) is 4.12. The second-order valence-corrected chi connectivity index (χ2v) is 6.36. The van der Waals surface area contributed by atoms with Crippen LogP contribution >= 0.6 is 0 Å². The summed E-state index contributed by atoms with van der Waals surface area (Å²) in [6, 6.07) is 0. The second-order valence-electron chi connectivity index (χ2n) is 6.36. The van der Waals surface area contributed by atoms with Crippen molar-refractivity contribution in [3.8, 4) is 0 Å². The summed E-state index contributed by atoms with van der Waals surface area (Å²) in [5, 5.41) is 0. The number of hydrogen-bond donors (Lipinski definition) is 0. The third kappa shape index (κ3) is 2.08. The van der Waals surface area contributed by atoms with Crippen molar-refractivity contribution in [3.05, 3.63) is 0 Å². The highest BCUT2D eigenvalue weighted by Crippen LogP contribution is 2.54. The van der Waals surface area contributed by atoms with Crippen molar-refractivity contribution in [2.45, 2.75) is 54.4 Å². The molecule has 0 aromatic rings. The van der Waals surface area contributed by atoms with Gasteiger partial charge in [0.15, 0.2) is 0 Å². The molecule has 0 bridgehead atoms. The van der Waals surface area contributed by atoms with Gasteiger partial charge in [-0.2, -0.15) is 0 Å². The molecule has 1 aliphatic rings. The lowest BCUT2D eigenvalue weighted by atomic mass is 9.53. The van der Waals surface area contributed by atoms with Crippen molar-refractivity contribution in [2.75, 3.05) is 13.2 Å². The molecule has 0 N–H and O–H groups in total. The molecule has 1 fully saturated rings. The van der Waals surface area contributed by atoms with Gasteiger partial charge in [0.1, 0.15) is 0 Å². The normalized spacial score (nSPS) is 27.0. The minimum absolute atomic E-state index is 0.369. The summed E-state index contributed by atoms with van der Waals surface area (Å²) >= 11 is 0. The molecule has 2 atom stereocenters. The van der Waals surface area contributed by atoms with Crippen LogP contribution in [0.4, 0.5) is 0 Å². The molecule has 2 unspecified atom stereocenters. The van der Waals surface area contributed by atoms with Crippen LogP contribution in [-0.4, -0.2) is 13.2 Å². The molecule has 0 aliphatic carbocycles. The van der Waals surface area contributed by atoms with Crippen molar-refractivity contribution < 1.29 is 4.74 Å². The monoisotopic (exact) mass is 212 g/mol. The highest BCUT2D eigenvalue weighted by atomic mass is 16.5. The van der Waals surface area contributed by atoms with Crippen molar-refractivity contribution >= 4 is 0 Å². The summed E-state index contributed by atoms with van der Waals surface area (Å²) in [6.07, 6.45) is 2.52. The van der Waals surface area contributed by atoms with E-state index in [0.29, 0.717) is 10.8 Å². The van der Waals surface area contributed by atoms with Crippen LogP contribution in [0.1, 0.15) is 54.4 Å². The minimum atomic E-state index is 0.369. The van der Waals surface area contributed by atoms with E-state index in [-0.39, 0.29) is 0 Å². The molecule has 15 heavy (non-hydrogen) atoms. The fraction of sp³-hybridized carbons (Fsp3) is 1.00. The Morgan fingerprint density at radius 2 is 1.87 bits per heavy atom. The summed E-state index contributed by atoms with van der Waals surface area (Å²) in [5.74, 6) is 1.48. The third-order valence-electron chi connectivity index (χ3n) is 4.67. The van der Waals surface area contributed by atoms with E-state index in [1.165, 1.54) is 12.8 Å². The van der Waals surface area contributed by atoms with Gasteiger partial charge in [-0.15, -0.1) is 0 Å². The Morgan fingerprint density at radius 1 is 1.27 bits per heavy atom. The molecule has 0 aromatic carbocycles. The van der Waals surface area contributed by atoms with E-state index in [1.54, 1.807) is 0 Å². The lowest BCUT2D eigenvalue weighted by Crippen LogP contribution is -2.46. The van der Waals surface area contributed by atoms with E-state index in [0.717, 1.165) is 25.0 Å². The molecule has 1 rings (SSSR count). The molecule has 1 aliphatic heterocycles. The first-order valence-electron chi connectivity index (χ1n) is 6.44. The molecule has 0 aromatic heterocycles. The smallest absolute Gasteiger partial charge is 0.0500 e. The Kier molecular flexibility index (Phi) is 3.86. The first-order valence-corrected chi connectivity index (χ1v) is 6.44. The summed E-state index contributed by atoms with van der Waals surface area (Å²) in [7, 11) is 0. The highest BCUT2D eigenvalue weighted by Gasteiger charge is 2.49. The molecule has 0 amide bonds.